The smallest absolute Gasteiger partial charge is 0.246 e. The first kappa shape index (κ1) is 21.4. The summed E-state index contributed by atoms with van der Waals surface area (Å²) >= 11 is 0. The molecule has 158 valence electrons. The Balaban J connectivity index is 1.54. The number of benzene rings is 1. The zero-order valence-corrected chi connectivity index (χ0v) is 15.9. The maximum atomic E-state index is 11.4. The number of nitrogens with two attached hydrogens (primary N) is 2. The number of nitrogens with zero attached hydrogens (tertiary/aromatic N) is 1. The van der Waals surface area contributed by atoms with Crippen molar-refractivity contribution in [1.29, 1.82) is 0 Å². The van der Waals surface area contributed by atoms with E-state index in [4.69, 9.17) is 20.9 Å². The molecule has 0 aliphatic carbocycles. The Morgan fingerprint density at radius 1 is 1.28 bits per heavy atom. The molecule has 6 atom stereocenters. The van der Waals surface area contributed by atoms with Gasteiger partial charge in [-0.15, -0.1) is 0 Å². The molecule has 2 aliphatic heterocycles. The number of ether oxygens (including phenoxy) is 2. The highest BCUT2D eigenvalue weighted by molar-refractivity contribution is 5.92. The van der Waals surface area contributed by atoms with E-state index in [1.165, 1.54) is 11.1 Å². The summed E-state index contributed by atoms with van der Waals surface area (Å²) in [5, 5.41) is 30.8. The van der Waals surface area contributed by atoms with Crippen molar-refractivity contribution in [2.45, 2.75) is 49.7 Å². The third kappa shape index (κ3) is 5.21. The highest BCUT2D eigenvalue weighted by Gasteiger charge is 2.45. The molecule has 2 aliphatic rings. The number of allylic oxidation sites excluding steroid dienone is 1. The van der Waals surface area contributed by atoms with E-state index in [-0.39, 0.29) is 6.61 Å². The molecule has 1 fully saturated rings. The molecule has 1 saturated heterocycles. The number of hydrogen-bond donors (Lipinski definition) is 5. The average molecular weight is 405 g/mol. The Kier molecular flexibility index (Phi) is 7.01. The lowest BCUT2D eigenvalue weighted by Gasteiger charge is -2.28. The fraction of sp³-hybridized carbons (Fsp3) is 0.450. The van der Waals surface area contributed by atoms with Crippen LogP contribution in [-0.2, 0) is 20.7 Å². The van der Waals surface area contributed by atoms with Crippen molar-refractivity contribution in [3.63, 3.8) is 0 Å². The van der Waals surface area contributed by atoms with Crippen molar-refractivity contribution in [3.8, 4) is 0 Å². The van der Waals surface area contributed by atoms with Crippen molar-refractivity contribution < 1.29 is 29.6 Å². The lowest BCUT2D eigenvalue weighted by molar-refractivity contribution is -0.153. The van der Waals surface area contributed by atoms with Crippen LogP contribution in [0.5, 0.6) is 0 Å². The average Bonchev–Trinajstić information content (AvgIpc) is 3.01. The molecule has 0 aromatic heterocycles. The summed E-state index contributed by atoms with van der Waals surface area (Å²) in [6.45, 7) is -0.164. The zero-order valence-electron chi connectivity index (χ0n) is 15.9. The van der Waals surface area contributed by atoms with Gasteiger partial charge in [-0.05, 0) is 18.4 Å². The van der Waals surface area contributed by atoms with Crippen molar-refractivity contribution in [2.75, 3.05) is 6.61 Å². The van der Waals surface area contributed by atoms with Crippen LogP contribution in [0.25, 0.3) is 0 Å². The summed E-state index contributed by atoms with van der Waals surface area (Å²) in [5.74, 6) is -0.567. The van der Waals surface area contributed by atoms with Crippen LogP contribution >= 0.6 is 0 Å². The Hall–Kier alpha value is -2.27. The quantitative estimate of drug-likeness (QED) is 0.343. The summed E-state index contributed by atoms with van der Waals surface area (Å²) in [6.07, 6.45) is 0.0873. The first-order chi connectivity index (χ1) is 13.9. The second-order valence-corrected chi connectivity index (χ2v) is 7.18. The molecule has 7 N–H and O–H groups in total. The van der Waals surface area contributed by atoms with Crippen LogP contribution in [0.15, 0.2) is 54.4 Å². The van der Waals surface area contributed by atoms with Gasteiger partial charge in [0.2, 0.25) is 5.91 Å². The largest absolute Gasteiger partial charge is 0.387 e. The van der Waals surface area contributed by atoms with Crippen molar-refractivity contribution in [1.82, 2.24) is 4.90 Å². The fourth-order valence-corrected chi connectivity index (χ4v) is 3.32. The highest BCUT2D eigenvalue weighted by Crippen LogP contribution is 2.27. The topological polar surface area (TPSA) is 152 Å². The van der Waals surface area contributed by atoms with Gasteiger partial charge >= 0.3 is 0 Å². The van der Waals surface area contributed by atoms with E-state index in [0.717, 1.165) is 5.56 Å². The minimum atomic E-state index is -1.27. The Labute approximate surface area is 168 Å². The summed E-state index contributed by atoms with van der Waals surface area (Å²) in [4.78, 5) is 12.9. The van der Waals surface area contributed by atoms with E-state index in [2.05, 4.69) is 0 Å². The Bertz CT molecular complexity index is 756. The minimum Gasteiger partial charge on any atom is -0.387 e. The molecule has 0 spiro atoms. The molecule has 2 heterocycles. The van der Waals surface area contributed by atoms with E-state index in [1.807, 2.05) is 30.3 Å². The van der Waals surface area contributed by atoms with Gasteiger partial charge in [-0.2, -0.15) is 0 Å². The number of aliphatic hydroxyl groups is 3. The van der Waals surface area contributed by atoms with Gasteiger partial charge in [-0.1, -0.05) is 36.4 Å². The van der Waals surface area contributed by atoms with Gasteiger partial charge < -0.3 is 41.2 Å². The van der Waals surface area contributed by atoms with Gasteiger partial charge in [-0.25, -0.2) is 0 Å². The third-order valence-corrected chi connectivity index (χ3v) is 4.98. The molecule has 29 heavy (non-hydrogen) atoms. The maximum Gasteiger partial charge on any atom is 0.246 e. The van der Waals surface area contributed by atoms with Crippen LogP contribution in [-0.4, -0.2) is 69.6 Å². The number of hydrogen-bond acceptors (Lipinski definition) is 8. The SMILES string of the molecule is NC(=O)C1=CN([C@@H]2O[C@H](COC(O)[C@@H](N)Cc3ccccc3)[C@@H](O)[C@H]2O)C=CC1. The number of aliphatic hydroxyl groups excluding tert-OH is 3. The fourth-order valence-electron chi connectivity index (χ4n) is 3.32. The molecule has 0 radical (unpaired) electrons. The summed E-state index contributed by atoms with van der Waals surface area (Å²) in [5.41, 5.74) is 12.6. The van der Waals surface area contributed by atoms with Gasteiger partial charge in [0.25, 0.3) is 0 Å². The van der Waals surface area contributed by atoms with E-state index in [0.29, 0.717) is 18.4 Å². The zero-order chi connectivity index (χ0) is 21.0. The molecule has 1 aromatic rings. The number of carbonyl (C=O) groups excluding carboxylic acids is 1. The molecular formula is C20H27N3O6. The lowest BCUT2D eigenvalue weighted by Crippen LogP contribution is -2.42. The third-order valence-electron chi connectivity index (χ3n) is 4.98. The summed E-state index contributed by atoms with van der Waals surface area (Å²) in [7, 11) is 0. The van der Waals surface area contributed by atoms with Gasteiger partial charge in [0, 0.05) is 18.0 Å². The normalized spacial score (nSPS) is 28.8. The molecule has 1 amide bonds. The van der Waals surface area contributed by atoms with E-state index in [1.54, 1.807) is 12.3 Å². The van der Waals surface area contributed by atoms with Crippen molar-refractivity contribution in [2.24, 2.45) is 11.5 Å². The number of carbonyl (C=O) groups is 1. The predicted molar refractivity (Wildman–Crippen MR) is 104 cm³/mol. The second kappa shape index (κ2) is 9.49. The molecule has 0 saturated carbocycles. The van der Waals surface area contributed by atoms with Crippen LogP contribution in [0, 0.1) is 0 Å². The standard InChI is InChI=1S/C20H27N3O6/c21-14(9-12-5-2-1-3-6-12)20(27)28-11-15-16(24)17(25)19(29-15)23-8-4-7-13(10-23)18(22)26/h1-6,8,10,14-17,19-20,24-25,27H,7,9,11,21H2,(H2,22,26)/t14-,15+,16+,17+,19+,20?/m0/s1. The van der Waals surface area contributed by atoms with Gasteiger partial charge in [0.15, 0.2) is 12.5 Å². The van der Waals surface area contributed by atoms with Crippen LogP contribution in [0.2, 0.25) is 0 Å². The first-order valence-electron chi connectivity index (χ1n) is 9.42. The second-order valence-electron chi connectivity index (χ2n) is 7.18. The lowest BCUT2D eigenvalue weighted by atomic mass is 10.1. The van der Waals surface area contributed by atoms with Crippen LogP contribution in [0.4, 0.5) is 0 Å². The van der Waals surface area contributed by atoms with E-state index < -0.39 is 42.8 Å². The van der Waals surface area contributed by atoms with Crippen molar-refractivity contribution in [3.05, 3.63) is 59.9 Å². The van der Waals surface area contributed by atoms with Gasteiger partial charge in [0.05, 0.1) is 12.6 Å². The number of primary amides is 1. The van der Waals surface area contributed by atoms with Crippen molar-refractivity contribution >= 4 is 5.91 Å². The molecule has 9 nitrogen and oxygen atoms in total. The summed E-state index contributed by atoms with van der Waals surface area (Å²) < 4.78 is 11.1. The van der Waals surface area contributed by atoms with Crippen LogP contribution in [0.1, 0.15) is 12.0 Å². The minimum absolute atomic E-state index is 0.164. The van der Waals surface area contributed by atoms with Crippen LogP contribution < -0.4 is 11.5 Å². The van der Waals surface area contributed by atoms with Gasteiger partial charge in [0.1, 0.15) is 18.3 Å². The molecule has 9 heteroatoms. The number of amides is 1. The maximum absolute atomic E-state index is 11.4. The Morgan fingerprint density at radius 2 is 2.00 bits per heavy atom. The van der Waals surface area contributed by atoms with Gasteiger partial charge in [-0.3, -0.25) is 4.79 Å². The van der Waals surface area contributed by atoms with Crippen LogP contribution in [0.3, 0.4) is 0 Å². The first-order valence-corrected chi connectivity index (χ1v) is 9.42. The Morgan fingerprint density at radius 3 is 2.69 bits per heavy atom. The number of rotatable bonds is 8. The monoisotopic (exact) mass is 405 g/mol. The van der Waals surface area contributed by atoms with E-state index in [9.17, 15) is 20.1 Å². The molecule has 1 unspecified atom stereocenters. The molecular weight excluding hydrogens is 378 g/mol. The molecule has 0 bridgehead atoms. The highest BCUT2D eigenvalue weighted by atomic mass is 16.6. The molecule has 1 aromatic carbocycles. The predicted octanol–water partition coefficient (Wildman–Crippen LogP) is -1.07. The molecule has 3 rings (SSSR count). The summed E-state index contributed by atoms with van der Waals surface area (Å²) in [6, 6.07) is 8.79. The van der Waals surface area contributed by atoms with E-state index >= 15 is 0 Å².